The Morgan fingerprint density at radius 2 is 1.93 bits per heavy atom. The molecular formula is C21H31N4O3S+. The summed E-state index contributed by atoms with van der Waals surface area (Å²) in [5.41, 5.74) is 0.164. The number of benzene rings is 1. The molecule has 1 aliphatic heterocycles. The van der Waals surface area contributed by atoms with Crippen LogP contribution in [0.1, 0.15) is 38.7 Å². The molecule has 1 aromatic carbocycles. The number of sulfonamides is 1. The molecule has 1 saturated carbocycles. The Balaban J connectivity index is 1.54. The van der Waals surface area contributed by atoms with Crippen LogP contribution in [0.2, 0.25) is 0 Å². The van der Waals surface area contributed by atoms with E-state index < -0.39 is 10.0 Å². The minimum atomic E-state index is -3.70. The predicted molar refractivity (Wildman–Crippen MR) is 110 cm³/mol. The van der Waals surface area contributed by atoms with Crippen molar-refractivity contribution >= 4 is 15.9 Å². The molecule has 158 valence electrons. The summed E-state index contributed by atoms with van der Waals surface area (Å²) >= 11 is 0. The molecule has 0 aromatic heterocycles. The zero-order chi connectivity index (χ0) is 21.0. The molecule has 0 spiro atoms. The Labute approximate surface area is 173 Å². The largest absolute Gasteiger partial charge is 0.348 e. The minimum absolute atomic E-state index is 0.0529. The molecule has 1 amide bonds. The quantitative estimate of drug-likeness (QED) is 0.722. The van der Waals surface area contributed by atoms with E-state index in [1.165, 1.54) is 22.9 Å². The second-order valence-corrected chi connectivity index (χ2v) is 10.3. The molecule has 3 atom stereocenters. The molecule has 2 aliphatic rings. The first-order chi connectivity index (χ1) is 13.8. The number of piperazine rings is 1. The lowest BCUT2D eigenvalue weighted by atomic mass is 9.78. The molecule has 2 N–H and O–H groups in total. The number of hydrogen-bond donors (Lipinski definition) is 2. The Morgan fingerprint density at radius 1 is 1.24 bits per heavy atom. The minimum Gasteiger partial charge on any atom is -0.348 e. The maximum Gasteiger partial charge on any atom is 0.275 e. The summed E-state index contributed by atoms with van der Waals surface area (Å²) in [4.78, 5) is 13.7. The van der Waals surface area contributed by atoms with Crippen molar-refractivity contribution in [2.75, 3.05) is 32.7 Å². The zero-order valence-corrected chi connectivity index (χ0v) is 18.0. The maximum atomic E-state index is 12.9. The molecule has 3 rings (SSSR count). The van der Waals surface area contributed by atoms with E-state index in [9.17, 15) is 18.5 Å². The fourth-order valence-electron chi connectivity index (χ4n) is 4.41. The van der Waals surface area contributed by atoms with Gasteiger partial charge in [0.25, 0.3) is 5.91 Å². The molecule has 0 radical (unpaired) electrons. The molecule has 7 nitrogen and oxygen atoms in total. The highest BCUT2D eigenvalue weighted by Crippen LogP contribution is 2.29. The third kappa shape index (κ3) is 4.97. The molecule has 2 fully saturated rings. The summed E-state index contributed by atoms with van der Waals surface area (Å²) in [6, 6.07) is 8.49. The van der Waals surface area contributed by atoms with Crippen molar-refractivity contribution in [3.05, 3.63) is 29.8 Å². The van der Waals surface area contributed by atoms with E-state index in [1.807, 2.05) is 6.07 Å². The molecule has 29 heavy (non-hydrogen) atoms. The highest BCUT2D eigenvalue weighted by molar-refractivity contribution is 7.89. The molecule has 1 aromatic rings. The van der Waals surface area contributed by atoms with E-state index in [-0.39, 0.29) is 22.4 Å². The summed E-state index contributed by atoms with van der Waals surface area (Å²) in [6.45, 7) is 6.70. The predicted octanol–water partition coefficient (Wildman–Crippen LogP) is 0.388. The number of nitrogens with zero attached hydrogens (tertiary/aromatic N) is 2. The van der Waals surface area contributed by atoms with Crippen molar-refractivity contribution in [1.82, 2.24) is 9.62 Å². The zero-order valence-electron chi connectivity index (χ0n) is 17.2. The van der Waals surface area contributed by atoms with Crippen LogP contribution in [0.15, 0.2) is 29.2 Å². The number of hydrogen-bond acceptors (Lipinski definition) is 4. The Kier molecular flexibility index (Phi) is 6.93. The fraction of sp³-hybridized carbons (Fsp3) is 0.619. The molecular weight excluding hydrogens is 388 g/mol. The molecule has 1 heterocycles. The van der Waals surface area contributed by atoms with Gasteiger partial charge in [-0.3, -0.25) is 4.79 Å². The van der Waals surface area contributed by atoms with Gasteiger partial charge in [-0.2, -0.15) is 9.57 Å². The Hall–Kier alpha value is -1.95. The lowest BCUT2D eigenvalue weighted by Crippen LogP contribution is -3.15. The number of quaternary nitrogens is 1. The van der Waals surface area contributed by atoms with Gasteiger partial charge in [0.05, 0.1) is 36.6 Å². The van der Waals surface area contributed by atoms with E-state index in [0.29, 0.717) is 44.6 Å². The van der Waals surface area contributed by atoms with Crippen molar-refractivity contribution in [2.24, 2.45) is 11.8 Å². The first kappa shape index (κ1) is 21.8. The van der Waals surface area contributed by atoms with Gasteiger partial charge >= 0.3 is 0 Å². The smallest absolute Gasteiger partial charge is 0.275 e. The lowest BCUT2D eigenvalue weighted by molar-refractivity contribution is -0.895. The second-order valence-electron chi connectivity index (χ2n) is 8.38. The average Bonchev–Trinajstić information content (AvgIpc) is 2.71. The molecule has 0 bridgehead atoms. The van der Waals surface area contributed by atoms with Gasteiger partial charge in [0.15, 0.2) is 6.54 Å². The summed E-state index contributed by atoms with van der Waals surface area (Å²) < 4.78 is 27.2. The van der Waals surface area contributed by atoms with Crippen LogP contribution < -0.4 is 10.2 Å². The van der Waals surface area contributed by atoms with Gasteiger partial charge in [-0.15, -0.1) is 0 Å². The van der Waals surface area contributed by atoms with Gasteiger partial charge in [-0.05, 0) is 30.4 Å². The number of rotatable bonds is 5. The highest BCUT2D eigenvalue weighted by Gasteiger charge is 2.33. The third-order valence-corrected chi connectivity index (χ3v) is 8.48. The van der Waals surface area contributed by atoms with Crippen LogP contribution >= 0.6 is 0 Å². The number of carbonyl (C=O) groups is 1. The fourth-order valence-corrected chi connectivity index (χ4v) is 6.00. The van der Waals surface area contributed by atoms with Gasteiger partial charge in [-0.25, -0.2) is 8.42 Å². The van der Waals surface area contributed by atoms with Crippen LogP contribution in [0.4, 0.5) is 0 Å². The summed E-state index contributed by atoms with van der Waals surface area (Å²) in [7, 11) is -3.70. The normalized spacial score (nSPS) is 26.6. The summed E-state index contributed by atoms with van der Waals surface area (Å²) in [5, 5.41) is 12.4. The molecule has 0 unspecified atom stereocenters. The number of nitriles is 1. The molecule has 1 saturated heterocycles. The number of carbonyl (C=O) groups excluding carboxylic acids is 1. The van der Waals surface area contributed by atoms with Gasteiger partial charge in [0.1, 0.15) is 6.07 Å². The van der Waals surface area contributed by atoms with E-state index in [1.54, 1.807) is 12.1 Å². The SMILES string of the molecule is C[C@@H]1[C@@H](C)CCC[C@H]1NC(=O)C[NH+]1CCN(S(=O)(=O)c2ccccc2C#N)CC1. The van der Waals surface area contributed by atoms with Gasteiger partial charge in [0, 0.05) is 6.04 Å². The monoisotopic (exact) mass is 419 g/mol. The van der Waals surface area contributed by atoms with Crippen LogP contribution in [0.3, 0.4) is 0 Å². The van der Waals surface area contributed by atoms with E-state index in [0.717, 1.165) is 17.7 Å². The molecule has 8 heteroatoms. The van der Waals surface area contributed by atoms with E-state index in [2.05, 4.69) is 19.2 Å². The van der Waals surface area contributed by atoms with Crippen molar-refractivity contribution in [2.45, 2.75) is 44.0 Å². The Morgan fingerprint density at radius 3 is 2.62 bits per heavy atom. The van der Waals surface area contributed by atoms with Crippen LogP contribution in [0.5, 0.6) is 0 Å². The summed E-state index contributed by atoms with van der Waals surface area (Å²) in [5.74, 6) is 1.17. The standard InChI is InChI=1S/C21H30N4O3S/c1-16-6-5-8-19(17(16)2)23-21(26)15-24-10-12-25(13-11-24)29(27,28)20-9-4-3-7-18(20)14-22/h3-4,7,9,16-17,19H,5-6,8,10-13,15H2,1-2H3,(H,23,26)/p+1/t16-,17+,19+/m0/s1. The van der Waals surface area contributed by atoms with Crippen molar-refractivity contribution < 1.29 is 18.1 Å². The maximum absolute atomic E-state index is 12.9. The van der Waals surface area contributed by atoms with E-state index >= 15 is 0 Å². The van der Waals surface area contributed by atoms with Crippen LogP contribution in [-0.4, -0.2) is 57.4 Å². The van der Waals surface area contributed by atoms with Crippen LogP contribution in [0, 0.1) is 23.2 Å². The first-order valence-corrected chi connectivity index (χ1v) is 11.9. The van der Waals surface area contributed by atoms with Crippen LogP contribution in [0.25, 0.3) is 0 Å². The van der Waals surface area contributed by atoms with Gasteiger partial charge in [-0.1, -0.05) is 38.8 Å². The Bertz CT molecular complexity index is 872. The van der Waals surface area contributed by atoms with Gasteiger partial charge in [0.2, 0.25) is 10.0 Å². The molecule has 1 aliphatic carbocycles. The number of nitrogens with one attached hydrogen (secondary N) is 2. The highest BCUT2D eigenvalue weighted by atomic mass is 32.2. The van der Waals surface area contributed by atoms with Crippen LogP contribution in [-0.2, 0) is 14.8 Å². The summed E-state index contributed by atoms with van der Waals surface area (Å²) in [6.07, 6.45) is 3.42. The van der Waals surface area contributed by atoms with Gasteiger partial charge < -0.3 is 10.2 Å². The average molecular weight is 420 g/mol. The second kappa shape index (κ2) is 9.24. The first-order valence-electron chi connectivity index (χ1n) is 10.4. The topological polar surface area (TPSA) is 94.7 Å². The van der Waals surface area contributed by atoms with Crippen molar-refractivity contribution in [3.63, 3.8) is 0 Å². The lowest BCUT2D eigenvalue weighted by Gasteiger charge is -2.35. The third-order valence-electron chi connectivity index (χ3n) is 6.52. The van der Waals surface area contributed by atoms with Crippen molar-refractivity contribution in [1.29, 1.82) is 5.26 Å². The van der Waals surface area contributed by atoms with Crippen molar-refractivity contribution in [3.8, 4) is 6.07 Å². The number of amides is 1. The van der Waals surface area contributed by atoms with E-state index in [4.69, 9.17) is 0 Å².